The van der Waals surface area contributed by atoms with Gasteiger partial charge in [-0.25, -0.2) is 0 Å². The first-order chi connectivity index (χ1) is 16.4. The lowest BCUT2D eigenvalue weighted by Gasteiger charge is -2.08. The van der Waals surface area contributed by atoms with Gasteiger partial charge in [-0.15, -0.1) is 0 Å². The molecular weight excluding hydrogens is 412 g/mol. The molecule has 4 aromatic carbocycles. The van der Waals surface area contributed by atoms with Crippen molar-refractivity contribution >= 4 is 37.6 Å². The first kappa shape index (κ1) is 18.8. The Morgan fingerprint density at radius 3 is 1.97 bits per heavy atom. The third kappa shape index (κ3) is 2.97. The molecule has 1 heteroatoms. The molecule has 0 aromatic heterocycles. The molecule has 0 nitrogen and oxygen atoms in total. The molecule has 0 amide bonds. The Morgan fingerprint density at radius 2 is 1.18 bits per heavy atom. The summed E-state index contributed by atoms with van der Waals surface area (Å²) in [6.07, 6.45) is 11.7. The van der Waals surface area contributed by atoms with E-state index in [0.717, 1.165) is 0 Å². The summed E-state index contributed by atoms with van der Waals surface area (Å²) in [5.74, 6) is 0. The van der Waals surface area contributed by atoms with Crippen LogP contribution in [0.4, 0.5) is 0 Å². The van der Waals surface area contributed by atoms with E-state index in [1.54, 1.807) is 10.4 Å². The second kappa shape index (κ2) is 7.43. The van der Waals surface area contributed by atoms with E-state index < -0.39 is 0 Å². The molecule has 0 unspecified atom stereocenters. The Labute approximate surface area is 196 Å². The van der Waals surface area contributed by atoms with Gasteiger partial charge in [-0.3, -0.25) is 0 Å². The first-order valence-corrected chi connectivity index (χ1v) is 13.3. The normalized spacial score (nSPS) is 15.2. The van der Waals surface area contributed by atoms with Crippen molar-refractivity contribution in [3.8, 4) is 22.3 Å². The van der Waals surface area contributed by atoms with Crippen molar-refractivity contribution in [2.24, 2.45) is 0 Å². The van der Waals surface area contributed by atoms with Crippen LogP contribution in [0, 0.1) is 0 Å². The molecule has 4 aliphatic rings. The summed E-state index contributed by atoms with van der Waals surface area (Å²) >= 11 is 0. The second-order valence-corrected chi connectivity index (χ2v) is 11.1. The minimum absolute atomic E-state index is 0.160. The van der Waals surface area contributed by atoms with Crippen LogP contribution >= 0.6 is 0 Å². The minimum atomic E-state index is -0.160. The fourth-order valence-corrected chi connectivity index (χ4v) is 7.70. The molecule has 0 fully saturated rings. The number of rotatable bonds is 0. The minimum Gasteiger partial charge on any atom is -0.0836 e. The Hall–Kier alpha value is -3.68. The lowest BCUT2D eigenvalue weighted by molar-refractivity contribution is 1.01. The molecule has 0 spiro atoms. The second-order valence-electron chi connectivity index (χ2n) is 9.23. The number of hydrogen-bond donors (Lipinski definition) is 0. The molecule has 0 saturated heterocycles. The molecule has 1 heterocycles. The van der Waals surface area contributed by atoms with Crippen molar-refractivity contribution in [3.63, 3.8) is 0 Å². The van der Waals surface area contributed by atoms with Crippen molar-refractivity contribution in [3.05, 3.63) is 124 Å². The molecular formula is C32H24Si. The van der Waals surface area contributed by atoms with Crippen LogP contribution < -0.4 is 20.8 Å². The molecule has 3 aliphatic carbocycles. The van der Waals surface area contributed by atoms with E-state index >= 15 is 0 Å². The Balaban J connectivity index is 0.000000127. The summed E-state index contributed by atoms with van der Waals surface area (Å²) in [5.41, 5.74) is 11.4. The predicted molar refractivity (Wildman–Crippen MR) is 144 cm³/mol. The average Bonchev–Trinajstić information content (AvgIpc) is 3.55. The standard InChI is InChI=1S/C20H14.C12H10Si/c1-3-7-15-13(5-1)11-19-17(15)9-10-18-16-8-4-2-6-14(16)12-20(18)19;1-3-7-11-9(5-1)10-6-2-4-8-12(10)13-11/h1,3-5,7-12H,2,6H2;1-8H,13H2. The van der Waals surface area contributed by atoms with Gasteiger partial charge in [0.15, 0.2) is 0 Å². The maximum absolute atomic E-state index is 2.41. The summed E-state index contributed by atoms with van der Waals surface area (Å²) in [6.45, 7) is 0. The van der Waals surface area contributed by atoms with Crippen molar-refractivity contribution in [1.82, 2.24) is 0 Å². The fourth-order valence-electron chi connectivity index (χ4n) is 5.79. The maximum Gasteiger partial charge on any atom is 0.0891 e. The summed E-state index contributed by atoms with van der Waals surface area (Å²) < 4.78 is 0. The van der Waals surface area contributed by atoms with Crippen LogP contribution in [0.3, 0.4) is 0 Å². The van der Waals surface area contributed by atoms with Crippen LogP contribution in [0.2, 0.25) is 0 Å². The highest BCUT2D eigenvalue weighted by atomic mass is 28.2. The molecule has 156 valence electrons. The number of allylic oxidation sites excluding steroid dienone is 4. The molecule has 0 bridgehead atoms. The van der Waals surface area contributed by atoms with Crippen LogP contribution in [0.15, 0.2) is 103 Å². The van der Waals surface area contributed by atoms with E-state index in [1.807, 2.05) is 0 Å². The molecule has 33 heavy (non-hydrogen) atoms. The lowest BCUT2D eigenvalue weighted by Crippen LogP contribution is -2.26. The Bertz CT molecular complexity index is 1590. The largest absolute Gasteiger partial charge is 0.0891 e. The smallest absolute Gasteiger partial charge is 0.0836 e. The fraction of sp³-hybridized carbons (Fsp3) is 0.0625. The van der Waals surface area contributed by atoms with Gasteiger partial charge < -0.3 is 0 Å². The quantitative estimate of drug-likeness (QED) is 0.313. The van der Waals surface area contributed by atoms with E-state index in [1.165, 1.54) is 67.8 Å². The van der Waals surface area contributed by atoms with E-state index in [4.69, 9.17) is 0 Å². The molecule has 0 N–H and O–H groups in total. The summed E-state index contributed by atoms with van der Waals surface area (Å²) in [4.78, 5) is 0. The molecule has 8 rings (SSSR count). The van der Waals surface area contributed by atoms with Crippen LogP contribution in [-0.4, -0.2) is 9.52 Å². The van der Waals surface area contributed by atoms with Gasteiger partial charge >= 0.3 is 0 Å². The van der Waals surface area contributed by atoms with E-state index in [2.05, 4.69) is 109 Å². The average molecular weight is 437 g/mol. The third-order valence-electron chi connectivity index (χ3n) is 7.36. The Kier molecular flexibility index (Phi) is 4.25. The number of hydrogen-bond acceptors (Lipinski definition) is 0. The zero-order valence-corrected chi connectivity index (χ0v) is 19.9. The maximum atomic E-state index is 2.41. The summed E-state index contributed by atoms with van der Waals surface area (Å²) in [6, 6.07) is 30.9. The van der Waals surface area contributed by atoms with Gasteiger partial charge in [0.2, 0.25) is 0 Å². The highest BCUT2D eigenvalue weighted by Gasteiger charge is 2.20. The van der Waals surface area contributed by atoms with Gasteiger partial charge in [-0.1, -0.05) is 107 Å². The van der Waals surface area contributed by atoms with Gasteiger partial charge in [-0.05, 0) is 80.0 Å². The molecule has 1 aliphatic heterocycles. The van der Waals surface area contributed by atoms with Crippen molar-refractivity contribution in [2.45, 2.75) is 12.8 Å². The highest BCUT2D eigenvalue weighted by Crippen LogP contribution is 2.32. The molecule has 4 aromatic rings. The van der Waals surface area contributed by atoms with E-state index in [-0.39, 0.29) is 9.52 Å². The predicted octanol–water partition coefficient (Wildman–Crippen LogP) is 4.18. The van der Waals surface area contributed by atoms with Gasteiger partial charge in [0, 0.05) is 0 Å². The van der Waals surface area contributed by atoms with Gasteiger partial charge in [0.05, 0.1) is 9.52 Å². The van der Waals surface area contributed by atoms with Crippen molar-refractivity contribution < 1.29 is 0 Å². The summed E-state index contributed by atoms with van der Waals surface area (Å²) in [5, 5.41) is 6.04. The van der Waals surface area contributed by atoms with Gasteiger partial charge in [0.25, 0.3) is 0 Å². The molecule has 0 atom stereocenters. The van der Waals surface area contributed by atoms with E-state index in [9.17, 15) is 0 Å². The van der Waals surface area contributed by atoms with Crippen LogP contribution in [0.25, 0.3) is 40.0 Å². The lowest BCUT2D eigenvalue weighted by atomic mass is 9.96. The topological polar surface area (TPSA) is 0 Å². The molecule has 0 radical (unpaired) electrons. The third-order valence-corrected chi connectivity index (χ3v) is 9.36. The molecule has 0 saturated carbocycles. The zero-order valence-electron chi connectivity index (χ0n) is 18.5. The van der Waals surface area contributed by atoms with Crippen LogP contribution in [-0.2, 0) is 0 Å². The zero-order chi connectivity index (χ0) is 21.8. The van der Waals surface area contributed by atoms with E-state index in [0.29, 0.717) is 0 Å². The Morgan fingerprint density at radius 1 is 0.545 bits per heavy atom. The number of benzene rings is 4. The van der Waals surface area contributed by atoms with Crippen molar-refractivity contribution in [1.29, 1.82) is 0 Å². The first-order valence-electron chi connectivity index (χ1n) is 11.9. The summed E-state index contributed by atoms with van der Waals surface area (Å²) in [7, 11) is -0.160. The van der Waals surface area contributed by atoms with Crippen molar-refractivity contribution in [2.75, 3.05) is 0 Å². The van der Waals surface area contributed by atoms with Gasteiger partial charge in [-0.2, -0.15) is 0 Å². The highest BCUT2D eigenvalue weighted by molar-refractivity contribution is 6.73. The van der Waals surface area contributed by atoms with Crippen LogP contribution in [0.1, 0.15) is 24.0 Å². The number of fused-ring (bicyclic) bond motifs is 9. The SMILES string of the molecule is C1=CC2=C(C=c3c2ccc2c3=Cc3ccccc3-2)CC1.c1ccc2c(c1)[SiH2]c1ccccc1-2. The van der Waals surface area contributed by atoms with Crippen LogP contribution in [0.5, 0.6) is 0 Å². The van der Waals surface area contributed by atoms with Gasteiger partial charge in [0.1, 0.15) is 0 Å². The monoisotopic (exact) mass is 436 g/mol.